The highest BCUT2D eigenvalue weighted by Gasteiger charge is 2.35. The third-order valence-corrected chi connectivity index (χ3v) is 4.37. The van der Waals surface area contributed by atoms with E-state index in [1.165, 1.54) is 0 Å². The molecule has 5 nitrogen and oxygen atoms in total. The summed E-state index contributed by atoms with van der Waals surface area (Å²) in [6, 6.07) is 15.7. The second-order valence-electron chi connectivity index (χ2n) is 6.70. The van der Waals surface area contributed by atoms with Gasteiger partial charge in [-0.2, -0.15) is 23.4 Å². The van der Waals surface area contributed by atoms with Crippen molar-refractivity contribution in [1.82, 2.24) is 9.97 Å². The first-order valence-electron chi connectivity index (χ1n) is 9.46. The largest absolute Gasteiger partial charge is 0.421 e. The average molecular weight is 411 g/mol. The van der Waals surface area contributed by atoms with Crippen LogP contribution in [0.25, 0.3) is 0 Å². The molecule has 0 unspecified atom stereocenters. The normalized spacial score (nSPS) is 11.0. The van der Waals surface area contributed by atoms with Crippen LogP contribution >= 0.6 is 0 Å². The maximum Gasteiger partial charge on any atom is 0.421 e. The molecular weight excluding hydrogens is 391 g/mol. The zero-order valence-electron chi connectivity index (χ0n) is 16.3. The second-order valence-corrected chi connectivity index (χ2v) is 6.70. The van der Waals surface area contributed by atoms with Crippen molar-refractivity contribution in [3.05, 3.63) is 71.4 Å². The predicted octanol–water partition coefficient (Wildman–Crippen LogP) is 6.20. The number of aromatic nitrogens is 2. The van der Waals surface area contributed by atoms with Gasteiger partial charge in [-0.25, -0.2) is 4.98 Å². The van der Waals surface area contributed by atoms with Gasteiger partial charge in [0.25, 0.3) is 0 Å². The van der Waals surface area contributed by atoms with E-state index in [4.69, 9.17) is 5.26 Å². The quantitative estimate of drug-likeness (QED) is 0.484. The zero-order chi connectivity index (χ0) is 21.6. The Labute approximate surface area is 172 Å². The lowest BCUT2D eigenvalue weighted by Gasteiger charge is -2.15. The molecule has 1 heterocycles. The molecule has 0 spiro atoms. The van der Waals surface area contributed by atoms with Gasteiger partial charge in [0, 0.05) is 17.6 Å². The van der Waals surface area contributed by atoms with Gasteiger partial charge in [0.1, 0.15) is 11.4 Å². The summed E-state index contributed by atoms with van der Waals surface area (Å²) in [5.74, 6) is -0.321. The van der Waals surface area contributed by atoms with Crippen molar-refractivity contribution in [2.45, 2.75) is 32.4 Å². The molecule has 3 rings (SSSR count). The highest BCUT2D eigenvalue weighted by Crippen LogP contribution is 2.35. The number of halogens is 3. The number of nitrogens with zero attached hydrogens (tertiary/aromatic N) is 3. The van der Waals surface area contributed by atoms with Crippen LogP contribution in [-0.4, -0.2) is 9.97 Å². The Hall–Kier alpha value is -3.60. The van der Waals surface area contributed by atoms with E-state index >= 15 is 0 Å². The van der Waals surface area contributed by atoms with Crippen molar-refractivity contribution >= 4 is 23.1 Å². The summed E-state index contributed by atoms with van der Waals surface area (Å²) in [5, 5.41) is 14.5. The van der Waals surface area contributed by atoms with Gasteiger partial charge in [-0.1, -0.05) is 25.5 Å². The van der Waals surface area contributed by atoms with Crippen LogP contribution in [0, 0.1) is 11.3 Å². The molecule has 3 aromatic rings. The molecule has 0 aliphatic heterocycles. The van der Waals surface area contributed by atoms with Crippen molar-refractivity contribution in [3.8, 4) is 6.07 Å². The first-order valence-corrected chi connectivity index (χ1v) is 9.46. The van der Waals surface area contributed by atoms with Crippen molar-refractivity contribution in [1.29, 1.82) is 5.26 Å². The van der Waals surface area contributed by atoms with E-state index in [1.807, 2.05) is 18.2 Å². The number of benzene rings is 2. The molecule has 0 radical (unpaired) electrons. The Morgan fingerprint density at radius 3 is 2.47 bits per heavy atom. The summed E-state index contributed by atoms with van der Waals surface area (Å²) >= 11 is 0. The van der Waals surface area contributed by atoms with Crippen LogP contribution in [0.2, 0.25) is 0 Å². The molecule has 0 bridgehead atoms. The molecule has 0 fully saturated rings. The van der Waals surface area contributed by atoms with Crippen LogP contribution in [0.4, 0.5) is 36.3 Å². The van der Waals surface area contributed by atoms with Crippen LogP contribution in [0.1, 0.15) is 36.5 Å². The van der Waals surface area contributed by atoms with Crippen LogP contribution in [-0.2, 0) is 12.6 Å². The molecule has 2 aromatic carbocycles. The van der Waals surface area contributed by atoms with Crippen molar-refractivity contribution < 1.29 is 13.2 Å². The van der Waals surface area contributed by atoms with Gasteiger partial charge in [-0.3, -0.25) is 0 Å². The lowest BCUT2D eigenvalue weighted by Crippen LogP contribution is -2.12. The Morgan fingerprint density at radius 2 is 1.80 bits per heavy atom. The smallest absolute Gasteiger partial charge is 0.340 e. The second kappa shape index (κ2) is 9.27. The minimum atomic E-state index is -4.60. The lowest BCUT2D eigenvalue weighted by atomic mass is 10.1. The van der Waals surface area contributed by atoms with Gasteiger partial charge < -0.3 is 10.6 Å². The molecule has 0 atom stereocenters. The number of aryl methyl sites for hydroxylation is 1. The van der Waals surface area contributed by atoms with Crippen LogP contribution in [0.5, 0.6) is 0 Å². The molecular formula is C22H20F3N5. The maximum atomic E-state index is 13.5. The Morgan fingerprint density at radius 1 is 1.03 bits per heavy atom. The average Bonchev–Trinajstić information content (AvgIpc) is 2.72. The first-order chi connectivity index (χ1) is 14.4. The minimum absolute atomic E-state index is 0.0114. The van der Waals surface area contributed by atoms with E-state index in [1.54, 1.807) is 36.4 Å². The Balaban J connectivity index is 1.89. The third kappa shape index (κ3) is 5.47. The molecule has 1 aromatic heterocycles. The van der Waals surface area contributed by atoms with E-state index in [0.29, 0.717) is 16.9 Å². The standard InChI is InChI=1S/C22H20F3N5/c1-2-3-5-15-6-4-7-18(12-15)28-20-19(22(23,24)25)14-27-21(30-20)29-17-10-8-16(13-26)9-11-17/h4,6-12,14H,2-3,5H2,1H3,(H2,27,28,29,30). The lowest BCUT2D eigenvalue weighted by molar-refractivity contribution is -0.137. The van der Waals surface area contributed by atoms with Crippen LogP contribution < -0.4 is 10.6 Å². The summed E-state index contributed by atoms with van der Waals surface area (Å²) in [6.45, 7) is 2.08. The number of unbranched alkanes of at least 4 members (excludes halogenated alkanes) is 1. The molecule has 0 amide bonds. The fourth-order valence-corrected chi connectivity index (χ4v) is 2.82. The maximum absolute atomic E-state index is 13.5. The summed E-state index contributed by atoms with van der Waals surface area (Å²) < 4.78 is 40.4. The molecule has 0 saturated carbocycles. The number of hydrogen-bond donors (Lipinski definition) is 2. The molecule has 8 heteroatoms. The van der Waals surface area contributed by atoms with E-state index in [9.17, 15) is 13.2 Å². The van der Waals surface area contributed by atoms with Crippen LogP contribution in [0.3, 0.4) is 0 Å². The van der Waals surface area contributed by atoms with E-state index in [2.05, 4.69) is 27.5 Å². The molecule has 154 valence electrons. The number of hydrogen-bond acceptors (Lipinski definition) is 5. The fourth-order valence-electron chi connectivity index (χ4n) is 2.82. The zero-order valence-corrected chi connectivity index (χ0v) is 16.3. The van der Waals surface area contributed by atoms with E-state index in [0.717, 1.165) is 31.0 Å². The molecule has 0 aliphatic carbocycles. The highest BCUT2D eigenvalue weighted by molar-refractivity contribution is 5.63. The number of alkyl halides is 3. The molecule has 2 N–H and O–H groups in total. The van der Waals surface area contributed by atoms with Crippen LogP contribution in [0.15, 0.2) is 54.7 Å². The summed E-state index contributed by atoms with van der Waals surface area (Å²) in [6.07, 6.45) is -0.958. The molecule has 30 heavy (non-hydrogen) atoms. The fraction of sp³-hybridized carbons (Fsp3) is 0.227. The minimum Gasteiger partial charge on any atom is -0.340 e. The number of anilines is 4. The highest BCUT2D eigenvalue weighted by atomic mass is 19.4. The first kappa shape index (κ1) is 21.1. The summed E-state index contributed by atoms with van der Waals surface area (Å²) in [7, 11) is 0. The number of nitriles is 1. The third-order valence-electron chi connectivity index (χ3n) is 4.37. The van der Waals surface area contributed by atoms with Crippen molar-refractivity contribution in [2.75, 3.05) is 10.6 Å². The topological polar surface area (TPSA) is 73.6 Å². The Kier molecular flexibility index (Phi) is 6.52. The molecule has 0 saturated heterocycles. The van der Waals surface area contributed by atoms with Crippen molar-refractivity contribution in [2.24, 2.45) is 0 Å². The summed E-state index contributed by atoms with van der Waals surface area (Å²) in [5.41, 5.74) is 1.64. The monoisotopic (exact) mass is 411 g/mol. The van der Waals surface area contributed by atoms with Gasteiger partial charge in [-0.15, -0.1) is 0 Å². The van der Waals surface area contributed by atoms with Gasteiger partial charge in [0.15, 0.2) is 0 Å². The number of rotatable bonds is 7. The SMILES string of the molecule is CCCCc1cccc(Nc2nc(Nc3ccc(C#N)cc3)ncc2C(F)(F)F)c1. The van der Waals surface area contributed by atoms with Gasteiger partial charge in [-0.05, 0) is 54.8 Å². The van der Waals surface area contributed by atoms with E-state index < -0.39 is 11.7 Å². The summed E-state index contributed by atoms with van der Waals surface area (Å²) in [4.78, 5) is 7.84. The van der Waals surface area contributed by atoms with Crippen molar-refractivity contribution in [3.63, 3.8) is 0 Å². The number of nitrogens with one attached hydrogen (secondary N) is 2. The predicted molar refractivity (Wildman–Crippen MR) is 110 cm³/mol. The Bertz CT molecular complexity index is 1040. The van der Waals surface area contributed by atoms with E-state index in [-0.39, 0.29) is 11.8 Å². The van der Waals surface area contributed by atoms with Gasteiger partial charge in [0.2, 0.25) is 5.95 Å². The van der Waals surface area contributed by atoms with Gasteiger partial charge in [0.05, 0.1) is 11.6 Å². The molecule has 0 aliphatic rings. The van der Waals surface area contributed by atoms with Gasteiger partial charge >= 0.3 is 6.18 Å².